The standard InChI is InChI=1S/C11H8O3S.C10H6O3S.Li.H2O/c1-14-11(13)7-2-3-10-9(4-7)8(5-12)6-15-10;11-4-7-5-14-9-2-1-6(10(12)13)3-8(7)9;;/h2-6H,1H3;1-5H,(H,12,13);;1H2/q;;+1;/p-1. The van der Waals surface area contributed by atoms with Crippen LogP contribution in [-0.2, 0) is 4.74 Å². The Kier molecular flexibility index (Phi) is 9.78. The van der Waals surface area contributed by atoms with Crippen molar-refractivity contribution in [2.45, 2.75) is 0 Å². The summed E-state index contributed by atoms with van der Waals surface area (Å²) in [6.07, 6.45) is 1.53. The fourth-order valence-electron chi connectivity index (χ4n) is 2.66. The number of carbonyl (C=O) groups excluding carboxylic acids is 3. The number of methoxy groups -OCH3 is 1. The van der Waals surface area contributed by atoms with E-state index in [2.05, 4.69) is 4.74 Å². The average Bonchev–Trinajstić information content (AvgIpc) is 3.35. The molecule has 4 rings (SSSR count). The number of rotatable bonds is 4. The molecule has 0 bridgehead atoms. The van der Waals surface area contributed by atoms with Gasteiger partial charge in [0.15, 0.2) is 12.6 Å². The number of carbonyl (C=O) groups is 4. The molecule has 2 heterocycles. The van der Waals surface area contributed by atoms with Gasteiger partial charge in [0, 0.05) is 42.1 Å². The molecular weight excluding hydrogens is 435 g/mol. The van der Waals surface area contributed by atoms with E-state index in [4.69, 9.17) is 5.11 Å². The zero-order valence-corrected chi connectivity index (χ0v) is 18.2. The number of carboxylic acids is 1. The number of carboxylic acid groups (broad SMARTS) is 1. The summed E-state index contributed by atoms with van der Waals surface area (Å²) in [6, 6.07) is 9.98. The van der Waals surface area contributed by atoms with Crippen molar-refractivity contribution in [3.05, 3.63) is 69.4 Å². The summed E-state index contributed by atoms with van der Waals surface area (Å²) in [7, 11) is 1.33. The van der Waals surface area contributed by atoms with Gasteiger partial charge in [0.25, 0.3) is 0 Å². The van der Waals surface area contributed by atoms with Crippen LogP contribution in [0.25, 0.3) is 20.2 Å². The average molecular weight is 450 g/mol. The molecule has 0 aliphatic carbocycles. The van der Waals surface area contributed by atoms with E-state index in [0.29, 0.717) is 22.1 Å². The zero-order chi connectivity index (χ0) is 21.0. The molecule has 10 heteroatoms. The molecule has 154 valence electrons. The summed E-state index contributed by atoms with van der Waals surface area (Å²) in [6.45, 7) is 0. The van der Waals surface area contributed by atoms with E-state index < -0.39 is 5.97 Å². The summed E-state index contributed by atoms with van der Waals surface area (Å²) in [5.41, 5.74) is 1.83. The van der Waals surface area contributed by atoms with E-state index >= 15 is 0 Å². The van der Waals surface area contributed by atoms with Crippen LogP contribution in [0.15, 0.2) is 47.2 Å². The minimum Gasteiger partial charge on any atom is -0.870 e. The molecule has 0 amide bonds. The molecule has 0 saturated carbocycles. The van der Waals surface area contributed by atoms with Gasteiger partial charge < -0.3 is 15.3 Å². The van der Waals surface area contributed by atoms with Crippen LogP contribution in [0, 0.1) is 0 Å². The molecule has 0 unspecified atom stereocenters. The Bertz CT molecular complexity index is 1240. The molecule has 7 nitrogen and oxygen atoms in total. The molecule has 0 spiro atoms. The molecule has 2 N–H and O–H groups in total. The van der Waals surface area contributed by atoms with Crippen molar-refractivity contribution >= 4 is 67.4 Å². The molecule has 0 aliphatic rings. The summed E-state index contributed by atoms with van der Waals surface area (Å²) in [5.74, 6) is -1.37. The van der Waals surface area contributed by atoms with Gasteiger partial charge in [-0.15, -0.1) is 22.7 Å². The van der Waals surface area contributed by atoms with Crippen LogP contribution in [-0.4, -0.2) is 42.2 Å². The topological polar surface area (TPSA) is 128 Å². The van der Waals surface area contributed by atoms with Gasteiger partial charge in [-0.25, -0.2) is 9.59 Å². The van der Waals surface area contributed by atoms with Gasteiger partial charge in [-0.05, 0) is 36.4 Å². The van der Waals surface area contributed by atoms with Crippen molar-refractivity contribution in [2.24, 2.45) is 0 Å². The molecule has 2 aromatic carbocycles. The van der Waals surface area contributed by atoms with Gasteiger partial charge in [-0.1, -0.05) is 0 Å². The van der Waals surface area contributed by atoms with Crippen molar-refractivity contribution in [2.75, 3.05) is 7.11 Å². The molecule has 0 atom stereocenters. The molecule has 0 fully saturated rings. The maximum atomic E-state index is 11.3. The normalized spacial score (nSPS) is 9.58. The second kappa shape index (κ2) is 11.6. The van der Waals surface area contributed by atoms with Crippen LogP contribution in [0.2, 0.25) is 0 Å². The van der Waals surface area contributed by atoms with Gasteiger partial charge in [0.2, 0.25) is 0 Å². The molecular formula is C21H15LiO7S2. The van der Waals surface area contributed by atoms with Crippen molar-refractivity contribution in [1.29, 1.82) is 0 Å². The minimum atomic E-state index is -0.977. The SMILES string of the molecule is COC(=O)c1ccc2scc(C=O)c2c1.O=Cc1csc2ccc(C(=O)O)cc12.[Li+].[OH-]. The summed E-state index contributed by atoms with van der Waals surface area (Å²) in [4.78, 5) is 43.3. The second-order valence-electron chi connectivity index (χ2n) is 5.84. The summed E-state index contributed by atoms with van der Waals surface area (Å²) < 4.78 is 6.53. The summed E-state index contributed by atoms with van der Waals surface area (Å²) >= 11 is 2.92. The molecule has 31 heavy (non-hydrogen) atoms. The number of esters is 1. The van der Waals surface area contributed by atoms with E-state index in [1.807, 2.05) is 6.07 Å². The van der Waals surface area contributed by atoms with Gasteiger partial charge in [-0.3, -0.25) is 9.59 Å². The summed E-state index contributed by atoms with van der Waals surface area (Å²) in [5, 5.41) is 13.8. The number of aldehydes is 2. The van der Waals surface area contributed by atoms with E-state index in [9.17, 15) is 19.2 Å². The van der Waals surface area contributed by atoms with Gasteiger partial charge in [-0.2, -0.15) is 0 Å². The van der Waals surface area contributed by atoms with E-state index in [-0.39, 0.29) is 35.9 Å². The maximum Gasteiger partial charge on any atom is 1.00 e. The molecule has 4 aromatic rings. The predicted octanol–water partition coefficient (Wildman–Crippen LogP) is 1.74. The van der Waals surface area contributed by atoms with E-state index in [1.54, 1.807) is 29.0 Å². The number of hydrogen-bond acceptors (Lipinski definition) is 8. The van der Waals surface area contributed by atoms with Crippen LogP contribution >= 0.6 is 22.7 Å². The first kappa shape index (κ1) is 26.2. The molecule has 0 aliphatic heterocycles. The quantitative estimate of drug-likeness (QED) is 0.285. The third-order valence-electron chi connectivity index (χ3n) is 4.13. The fraction of sp³-hybridized carbons (Fsp3) is 0.0476. The number of ether oxygens (including phenoxy) is 1. The fourth-order valence-corrected chi connectivity index (χ4v) is 4.43. The van der Waals surface area contributed by atoms with Crippen molar-refractivity contribution in [3.63, 3.8) is 0 Å². The van der Waals surface area contributed by atoms with Crippen LogP contribution in [0.3, 0.4) is 0 Å². The number of hydrogen-bond donors (Lipinski definition) is 1. The van der Waals surface area contributed by atoms with Crippen LogP contribution in [0.5, 0.6) is 0 Å². The number of benzene rings is 2. The first-order valence-corrected chi connectivity index (χ1v) is 9.99. The van der Waals surface area contributed by atoms with Crippen molar-refractivity contribution in [1.82, 2.24) is 0 Å². The predicted molar refractivity (Wildman–Crippen MR) is 115 cm³/mol. The van der Waals surface area contributed by atoms with E-state index in [0.717, 1.165) is 27.4 Å². The first-order valence-electron chi connectivity index (χ1n) is 8.23. The molecule has 0 radical (unpaired) electrons. The Morgan fingerprint density at radius 1 is 0.871 bits per heavy atom. The monoisotopic (exact) mass is 450 g/mol. The van der Waals surface area contributed by atoms with E-state index in [1.165, 1.54) is 41.9 Å². The minimum absolute atomic E-state index is 0. The molecule has 2 aromatic heterocycles. The maximum absolute atomic E-state index is 11.3. The third-order valence-corrected chi connectivity index (χ3v) is 6.09. The first-order chi connectivity index (χ1) is 14.0. The van der Waals surface area contributed by atoms with Crippen molar-refractivity contribution in [3.8, 4) is 0 Å². The van der Waals surface area contributed by atoms with Crippen LogP contribution in [0.1, 0.15) is 41.4 Å². The van der Waals surface area contributed by atoms with Crippen LogP contribution < -0.4 is 18.9 Å². The Balaban J connectivity index is 0.000000292. The van der Waals surface area contributed by atoms with Crippen LogP contribution in [0.4, 0.5) is 0 Å². The number of aromatic carboxylic acids is 1. The molecule has 0 saturated heterocycles. The Morgan fingerprint density at radius 2 is 1.32 bits per heavy atom. The Hall–Kier alpha value is -2.80. The Labute approximate surface area is 196 Å². The number of fused-ring (bicyclic) bond motifs is 2. The van der Waals surface area contributed by atoms with Gasteiger partial charge >= 0.3 is 30.8 Å². The van der Waals surface area contributed by atoms with Gasteiger partial charge in [0.05, 0.1) is 18.2 Å². The number of thiophene rings is 2. The smallest absolute Gasteiger partial charge is 0.870 e. The van der Waals surface area contributed by atoms with Crippen molar-refractivity contribution < 1.29 is 53.4 Å². The van der Waals surface area contributed by atoms with Gasteiger partial charge in [0.1, 0.15) is 0 Å². The largest absolute Gasteiger partial charge is 1.00 e. The third kappa shape index (κ3) is 5.67. The second-order valence-corrected chi connectivity index (χ2v) is 7.66. The Morgan fingerprint density at radius 3 is 1.74 bits per heavy atom. The zero-order valence-electron chi connectivity index (χ0n) is 16.5.